The average Bonchev–Trinajstić information content (AvgIpc) is 3.16. The first-order valence-electron chi connectivity index (χ1n) is 7.76. The van der Waals surface area contributed by atoms with Gasteiger partial charge in [-0.25, -0.2) is 4.68 Å². The highest BCUT2D eigenvalue weighted by atomic mass is 16.3. The van der Waals surface area contributed by atoms with E-state index in [-0.39, 0.29) is 11.8 Å². The van der Waals surface area contributed by atoms with E-state index < -0.39 is 6.04 Å². The molecule has 0 saturated heterocycles. The molecule has 2 aromatic rings. The molecule has 1 aliphatic rings. The number of nitrogens with zero attached hydrogens (tertiary/aromatic N) is 3. The van der Waals surface area contributed by atoms with Crippen molar-refractivity contribution < 1.29 is 14.0 Å². The molecule has 0 radical (unpaired) electrons. The molecule has 0 spiro atoms. The second-order valence-electron chi connectivity index (χ2n) is 5.60. The minimum absolute atomic E-state index is 0.0441. The summed E-state index contributed by atoms with van der Waals surface area (Å²) in [7, 11) is 0. The van der Waals surface area contributed by atoms with Gasteiger partial charge < -0.3 is 9.73 Å². The van der Waals surface area contributed by atoms with Crippen LogP contribution >= 0.6 is 0 Å². The Morgan fingerprint density at radius 1 is 1.52 bits per heavy atom. The number of carbonyl (C=O) groups is 2. The lowest BCUT2D eigenvalue weighted by Crippen LogP contribution is -2.52. The summed E-state index contributed by atoms with van der Waals surface area (Å²) in [5.41, 5.74) is 0.838. The molecule has 0 saturated carbocycles. The summed E-state index contributed by atoms with van der Waals surface area (Å²) in [6, 6.07) is 4.87. The van der Waals surface area contributed by atoms with Gasteiger partial charge in [0.15, 0.2) is 0 Å². The highest BCUT2D eigenvalue weighted by Crippen LogP contribution is 2.26. The van der Waals surface area contributed by atoms with Gasteiger partial charge in [0.25, 0.3) is 0 Å². The lowest BCUT2D eigenvalue weighted by Gasteiger charge is -2.33. The molecule has 1 atom stereocenters. The highest BCUT2D eigenvalue weighted by Gasteiger charge is 2.34. The van der Waals surface area contributed by atoms with Crippen molar-refractivity contribution in [2.75, 3.05) is 4.90 Å². The summed E-state index contributed by atoms with van der Waals surface area (Å²) in [6.45, 7) is 4.64. The molecule has 2 amide bonds. The average molecular weight is 316 g/mol. The van der Waals surface area contributed by atoms with Crippen LogP contribution in [0.3, 0.4) is 0 Å². The van der Waals surface area contributed by atoms with Crippen molar-refractivity contribution in [3.63, 3.8) is 0 Å². The number of aromatic nitrogens is 2. The van der Waals surface area contributed by atoms with E-state index in [1.165, 1.54) is 0 Å². The van der Waals surface area contributed by atoms with Crippen LogP contribution in [0.1, 0.15) is 31.2 Å². The van der Waals surface area contributed by atoms with Crippen molar-refractivity contribution in [3.8, 4) is 0 Å². The Hall–Kier alpha value is -2.57. The lowest BCUT2D eigenvalue weighted by atomic mass is 10.1. The van der Waals surface area contributed by atoms with Crippen LogP contribution in [0.25, 0.3) is 0 Å². The Morgan fingerprint density at radius 2 is 2.35 bits per heavy atom. The van der Waals surface area contributed by atoms with Crippen LogP contribution < -0.4 is 10.2 Å². The zero-order valence-electron chi connectivity index (χ0n) is 13.3. The number of amides is 2. The number of anilines is 1. The molecular weight excluding hydrogens is 296 g/mol. The number of furan rings is 1. The number of rotatable bonds is 5. The number of hydrogen-bond donors (Lipinski definition) is 1. The summed E-state index contributed by atoms with van der Waals surface area (Å²) < 4.78 is 7.00. The van der Waals surface area contributed by atoms with Gasteiger partial charge in [0.2, 0.25) is 11.8 Å². The van der Waals surface area contributed by atoms with Crippen LogP contribution in [-0.2, 0) is 22.7 Å². The Morgan fingerprint density at radius 3 is 3.04 bits per heavy atom. The van der Waals surface area contributed by atoms with Crippen LogP contribution in [0.5, 0.6) is 0 Å². The maximum atomic E-state index is 12.6. The Bertz CT molecular complexity index is 705. The molecular formula is C16H20N4O3. The third-order valence-electron chi connectivity index (χ3n) is 3.95. The number of nitrogens with one attached hydrogen (secondary N) is 1. The van der Waals surface area contributed by atoms with Crippen molar-refractivity contribution in [1.82, 2.24) is 15.1 Å². The lowest BCUT2D eigenvalue weighted by molar-refractivity contribution is -0.127. The van der Waals surface area contributed by atoms with E-state index in [4.69, 9.17) is 4.42 Å². The third-order valence-corrected chi connectivity index (χ3v) is 3.95. The van der Waals surface area contributed by atoms with Crippen LogP contribution in [0.2, 0.25) is 0 Å². The normalized spacial score (nSPS) is 15.4. The molecule has 0 bridgehead atoms. The predicted molar refractivity (Wildman–Crippen MR) is 83.7 cm³/mol. The largest absolute Gasteiger partial charge is 0.467 e. The van der Waals surface area contributed by atoms with Gasteiger partial charge >= 0.3 is 0 Å². The van der Waals surface area contributed by atoms with E-state index in [2.05, 4.69) is 10.4 Å². The van der Waals surface area contributed by atoms with Crippen molar-refractivity contribution in [2.24, 2.45) is 0 Å². The second kappa shape index (κ2) is 6.28. The molecule has 1 aliphatic heterocycles. The summed E-state index contributed by atoms with van der Waals surface area (Å²) in [6.07, 6.45) is 2.45. The van der Waals surface area contributed by atoms with Gasteiger partial charge in [-0.1, -0.05) is 6.92 Å². The zero-order chi connectivity index (χ0) is 16.4. The second-order valence-corrected chi connectivity index (χ2v) is 5.60. The van der Waals surface area contributed by atoms with Crippen molar-refractivity contribution in [2.45, 2.75) is 45.8 Å². The highest BCUT2D eigenvalue weighted by molar-refractivity contribution is 6.00. The molecule has 0 unspecified atom stereocenters. The first-order chi connectivity index (χ1) is 11.1. The van der Waals surface area contributed by atoms with Gasteiger partial charge in [-0.2, -0.15) is 5.10 Å². The first-order valence-corrected chi connectivity index (χ1v) is 7.76. The van der Waals surface area contributed by atoms with E-state index >= 15 is 0 Å². The number of hydrogen-bond acceptors (Lipinski definition) is 4. The summed E-state index contributed by atoms with van der Waals surface area (Å²) in [5, 5.41) is 7.21. The smallest absolute Gasteiger partial charge is 0.243 e. The van der Waals surface area contributed by atoms with E-state index in [9.17, 15) is 9.59 Å². The van der Waals surface area contributed by atoms with Gasteiger partial charge in [0, 0.05) is 12.5 Å². The van der Waals surface area contributed by atoms with E-state index in [0.717, 1.165) is 5.69 Å². The van der Waals surface area contributed by atoms with Crippen LogP contribution in [0.15, 0.2) is 28.9 Å². The summed E-state index contributed by atoms with van der Waals surface area (Å²) in [4.78, 5) is 26.5. The maximum Gasteiger partial charge on any atom is 0.243 e. The molecule has 122 valence electrons. The fourth-order valence-electron chi connectivity index (χ4n) is 2.86. The van der Waals surface area contributed by atoms with Crippen LogP contribution in [-0.4, -0.2) is 27.6 Å². The van der Waals surface area contributed by atoms with Crippen molar-refractivity contribution in [1.29, 1.82) is 0 Å². The minimum Gasteiger partial charge on any atom is -0.467 e. The van der Waals surface area contributed by atoms with Gasteiger partial charge in [0.1, 0.15) is 17.6 Å². The Kier molecular flexibility index (Phi) is 4.18. The van der Waals surface area contributed by atoms with Gasteiger partial charge in [-0.15, -0.1) is 0 Å². The molecule has 2 aromatic heterocycles. The fraction of sp³-hybridized carbons (Fsp3) is 0.438. The first kappa shape index (κ1) is 15.3. The molecule has 7 nitrogen and oxygen atoms in total. The topological polar surface area (TPSA) is 80.4 Å². The maximum absolute atomic E-state index is 12.6. The van der Waals surface area contributed by atoms with Crippen LogP contribution in [0.4, 0.5) is 5.82 Å². The van der Waals surface area contributed by atoms with Gasteiger partial charge in [-0.05, 0) is 25.5 Å². The number of fused-ring (bicyclic) bond motifs is 1. The van der Waals surface area contributed by atoms with Gasteiger partial charge in [0.05, 0.1) is 25.0 Å². The molecule has 7 heteroatoms. The monoisotopic (exact) mass is 316 g/mol. The molecule has 23 heavy (non-hydrogen) atoms. The Balaban J connectivity index is 1.79. The standard InChI is InChI=1S/C16H20N4O3/c1-3-13(16(22)17-10-12-5-4-8-23-12)20-14-9-11(2)18-19(14)7-6-15(20)21/h4-5,8-9,13H,3,6-7,10H2,1-2H3,(H,17,22)/t13-/m1/s1. The van der Waals surface area contributed by atoms with Crippen molar-refractivity contribution in [3.05, 3.63) is 35.9 Å². The van der Waals surface area contributed by atoms with Crippen LogP contribution in [0, 0.1) is 6.92 Å². The Labute approximate surface area is 134 Å². The third kappa shape index (κ3) is 2.99. The molecule has 1 N–H and O–H groups in total. The molecule has 0 aliphatic carbocycles. The summed E-state index contributed by atoms with van der Waals surface area (Å²) >= 11 is 0. The number of aryl methyl sites for hydroxylation is 2. The van der Waals surface area contributed by atoms with E-state index in [0.29, 0.717) is 37.5 Å². The molecule has 3 rings (SSSR count). The summed E-state index contributed by atoms with van der Waals surface area (Å²) in [5.74, 6) is 1.14. The predicted octanol–water partition coefficient (Wildman–Crippen LogP) is 1.62. The molecule has 0 fully saturated rings. The van der Waals surface area contributed by atoms with E-state index in [1.807, 2.05) is 19.9 Å². The van der Waals surface area contributed by atoms with Crippen molar-refractivity contribution >= 4 is 17.6 Å². The number of carbonyl (C=O) groups excluding carboxylic acids is 2. The quantitative estimate of drug-likeness (QED) is 0.909. The minimum atomic E-state index is -0.549. The van der Waals surface area contributed by atoms with Gasteiger partial charge in [-0.3, -0.25) is 14.5 Å². The molecule has 3 heterocycles. The SMILES string of the molecule is CC[C@H](C(=O)NCc1ccco1)N1C(=O)CCn2nc(C)cc21. The zero-order valence-corrected chi connectivity index (χ0v) is 13.3. The molecule has 0 aromatic carbocycles. The van der Waals surface area contributed by atoms with E-state index in [1.54, 1.807) is 28.0 Å². The fourth-order valence-corrected chi connectivity index (χ4v) is 2.86.